The molecule has 1 aliphatic heterocycles. The van der Waals surface area contributed by atoms with Crippen LogP contribution in [0.1, 0.15) is 55.3 Å². The molecule has 4 saturated carbocycles. The van der Waals surface area contributed by atoms with Gasteiger partial charge in [0.15, 0.2) is 23.9 Å². The Morgan fingerprint density at radius 2 is 1.59 bits per heavy atom. The Morgan fingerprint density at radius 1 is 0.963 bits per heavy atom. The molecule has 5 nitrogen and oxygen atoms in total. The van der Waals surface area contributed by atoms with Crippen LogP contribution in [0.4, 0.5) is 0 Å². The first-order valence-electron chi connectivity index (χ1n) is 10.2. The lowest BCUT2D eigenvalue weighted by Gasteiger charge is -2.55. The van der Waals surface area contributed by atoms with E-state index in [1.54, 1.807) is 18.2 Å². The fourth-order valence-corrected chi connectivity index (χ4v) is 6.06. The molecule has 0 radical (unpaired) electrons. The fourth-order valence-electron chi connectivity index (χ4n) is 6.06. The molecule has 0 spiro atoms. The molecule has 0 aromatic heterocycles. The second-order valence-electron chi connectivity index (χ2n) is 8.91. The second-order valence-corrected chi connectivity index (χ2v) is 8.91. The highest BCUT2D eigenvalue weighted by Gasteiger charge is 2.55. The summed E-state index contributed by atoms with van der Waals surface area (Å²) in [7, 11) is 0. The normalized spacial score (nSPS) is 33.4. The number of Topliss-reactive ketones (excluding diaryl/α,β-unsaturated/α-hetero) is 1. The molecule has 1 heterocycles. The molecule has 1 aromatic carbocycles. The van der Waals surface area contributed by atoms with Gasteiger partial charge in [0.1, 0.15) is 0 Å². The Bertz CT molecular complexity index is 733. The minimum atomic E-state index is -0.320. The number of rotatable bonds is 4. The molecule has 0 amide bonds. The van der Waals surface area contributed by atoms with Crippen LogP contribution >= 0.6 is 0 Å². The minimum absolute atomic E-state index is 0.149. The van der Waals surface area contributed by atoms with Crippen LogP contribution in [0.15, 0.2) is 18.2 Å². The van der Waals surface area contributed by atoms with Gasteiger partial charge in [-0.3, -0.25) is 9.59 Å². The van der Waals surface area contributed by atoms with Gasteiger partial charge in [0.2, 0.25) is 0 Å². The Balaban J connectivity index is 1.24. The standard InChI is InChI=1S/C22H26O5/c23-18(17-2-3-19-20(9-17)26-5-1-4-25-19)13-27-21(24)22-10-14-6-15(11-22)8-16(7-14)12-22/h2-3,9,14-16H,1,4-8,10-13H2. The van der Waals surface area contributed by atoms with Crippen LogP contribution in [-0.2, 0) is 9.53 Å². The van der Waals surface area contributed by atoms with Gasteiger partial charge in [-0.15, -0.1) is 0 Å². The fraction of sp³-hybridized carbons (Fsp3) is 0.636. The largest absolute Gasteiger partial charge is 0.490 e. The Morgan fingerprint density at radius 3 is 2.26 bits per heavy atom. The van der Waals surface area contributed by atoms with Crippen LogP contribution < -0.4 is 9.47 Å². The number of ketones is 1. The zero-order chi connectivity index (χ0) is 18.4. The van der Waals surface area contributed by atoms with Crippen LogP contribution in [0, 0.1) is 23.2 Å². The number of benzene rings is 1. The van der Waals surface area contributed by atoms with Crippen molar-refractivity contribution in [3.8, 4) is 11.5 Å². The molecule has 4 bridgehead atoms. The first-order chi connectivity index (χ1) is 13.1. The molecule has 4 fully saturated rings. The number of ether oxygens (including phenoxy) is 3. The lowest BCUT2D eigenvalue weighted by atomic mass is 9.49. The average Bonchev–Trinajstić information content (AvgIpc) is 2.89. The summed E-state index contributed by atoms with van der Waals surface area (Å²) < 4.78 is 16.8. The van der Waals surface area contributed by atoms with Crippen LogP contribution in [0.3, 0.4) is 0 Å². The summed E-state index contributed by atoms with van der Waals surface area (Å²) in [6.45, 7) is 0.995. The first kappa shape index (κ1) is 17.1. The van der Waals surface area contributed by atoms with Gasteiger partial charge < -0.3 is 14.2 Å². The highest BCUT2D eigenvalue weighted by atomic mass is 16.5. The first-order valence-corrected chi connectivity index (χ1v) is 10.2. The topological polar surface area (TPSA) is 61.8 Å². The van der Waals surface area contributed by atoms with E-state index in [1.807, 2.05) is 0 Å². The smallest absolute Gasteiger partial charge is 0.312 e. The number of carbonyl (C=O) groups is 2. The van der Waals surface area contributed by atoms with Gasteiger partial charge in [-0.2, -0.15) is 0 Å². The maximum absolute atomic E-state index is 12.9. The Hall–Kier alpha value is -2.04. The summed E-state index contributed by atoms with van der Waals surface area (Å²) >= 11 is 0. The van der Waals surface area contributed by atoms with Crippen molar-refractivity contribution < 1.29 is 23.8 Å². The molecule has 0 atom stereocenters. The molecular weight excluding hydrogens is 344 g/mol. The van der Waals surface area contributed by atoms with E-state index >= 15 is 0 Å². The molecule has 4 aliphatic carbocycles. The van der Waals surface area contributed by atoms with Gasteiger partial charge in [-0.1, -0.05) is 0 Å². The molecule has 144 valence electrons. The average molecular weight is 370 g/mol. The van der Waals surface area contributed by atoms with Crippen molar-refractivity contribution in [3.05, 3.63) is 23.8 Å². The molecule has 27 heavy (non-hydrogen) atoms. The van der Waals surface area contributed by atoms with Crippen LogP contribution in [-0.4, -0.2) is 31.6 Å². The molecular formula is C22H26O5. The van der Waals surface area contributed by atoms with Crippen LogP contribution in [0.5, 0.6) is 11.5 Å². The maximum atomic E-state index is 12.9. The van der Waals surface area contributed by atoms with E-state index in [9.17, 15) is 9.59 Å². The third-order valence-electron chi connectivity index (χ3n) is 6.88. The number of esters is 1. The van der Waals surface area contributed by atoms with Crippen molar-refractivity contribution >= 4 is 11.8 Å². The highest BCUT2D eigenvalue weighted by Crippen LogP contribution is 2.60. The van der Waals surface area contributed by atoms with Crippen molar-refractivity contribution in [2.45, 2.75) is 44.9 Å². The molecule has 5 heteroatoms. The summed E-state index contributed by atoms with van der Waals surface area (Å²) in [5.41, 5.74) is 0.178. The number of hydrogen-bond donors (Lipinski definition) is 0. The summed E-state index contributed by atoms with van der Waals surface area (Å²) in [5, 5.41) is 0. The summed E-state index contributed by atoms with van der Waals surface area (Å²) in [5.74, 6) is 2.96. The van der Waals surface area contributed by atoms with Gasteiger partial charge in [0, 0.05) is 12.0 Å². The summed E-state index contributed by atoms with van der Waals surface area (Å²) in [4.78, 5) is 25.5. The third-order valence-corrected chi connectivity index (χ3v) is 6.88. The van der Waals surface area contributed by atoms with E-state index in [0.29, 0.717) is 48.0 Å². The van der Waals surface area contributed by atoms with Crippen molar-refractivity contribution in [2.75, 3.05) is 19.8 Å². The van der Waals surface area contributed by atoms with E-state index in [2.05, 4.69) is 0 Å². The SMILES string of the molecule is O=C(COC(=O)C12CC3CC(CC(C3)C1)C2)c1ccc2c(c1)OCCCO2. The van der Waals surface area contributed by atoms with Crippen molar-refractivity contribution in [1.82, 2.24) is 0 Å². The predicted octanol–water partition coefficient (Wildman–Crippen LogP) is 3.79. The van der Waals surface area contributed by atoms with Crippen LogP contribution in [0.25, 0.3) is 0 Å². The predicted molar refractivity (Wildman–Crippen MR) is 97.9 cm³/mol. The molecule has 1 aromatic rings. The van der Waals surface area contributed by atoms with E-state index in [4.69, 9.17) is 14.2 Å². The zero-order valence-electron chi connectivity index (χ0n) is 15.6. The molecule has 0 unspecified atom stereocenters. The lowest BCUT2D eigenvalue weighted by Crippen LogP contribution is -2.50. The Kier molecular flexibility index (Phi) is 4.14. The number of hydrogen-bond acceptors (Lipinski definition) is 5. The van der Waals surface area contributed by atoms with Crippen LogP contribution in [0.2, 0.25) is 0 Å². The third kappa shape index (κ3) is 3.11. The molecule has 5 aliphatic rings. The van der Waals surface area contributed by atoms with Crippen molar-refractivity contribution in [2.24, 2.45) is 23.2 Å². The highest BCUT2D eigenvalue weighted by molar-refractivity contribution is 5.98. The number of carbonyl (C=O) groups excluding carboxylic acids is 2. The quantitative estimate of drug-likeness (QED) is 0.596. The summed E-state index contributed by atoms with van der Waals surface area (Å²) in [6.07, 6.45) is 7.52. The van der Waals surface area contributed by atoms with E-state index in [0.717, 1.165) is 25.7 Å². The van der Waals surface area contributed by atoms with Gasteiger partial charge in [0.05, 0.1) is 18.6 Å². The maximum Gasteiger partial charge on any atom is 0.312 e. The molecule has 0 saturated heterocycles. The van der Waals surface area contributed by atoms with Gasteiger partial charge in [-0.25, -0.2) is 0 Å². The molecule has 6 rings (SSSR count). The number of fused-ring (bicyclic) bond motifs is 1. The van der Waals surface area contributed by atoms with Gasteiger partial charge in [-0.05, 0) is 74.5 Å². The summed E-state index contributed by atoms with van der Waals surface area (Å²) in [6, 6.07) is 5.17. The van der Waals surface area contributed by atoms with Gasteiger partial charge >= 0.3 is 5.97 Å². The van der Waals surface area contributed by atoms with Crippen molar-refractivity contribution in [1.29, 1.82) is 0 Å². The second kappa shape index (κ2) is 6.54. The monoisotopic (exact) mass is 370 g/mol. The zero-order valence-corrected chi connectivity index (χ0v) is 15.6. The minimum Gasteiger partial charge on any atom is -0.490 e. The molecule has 0 N–H and O–H groups in total. The van der Waals surface area contributed by atoms with E-state index in [1.165, 1.54) is 19.3 Å². The van der Waals surface area contributed by atoms with E-state index < -0.39 is 0 Å². The van der Waals surface area contributed by atoms with E-state index in [-0.39, 0.29) is 23.8 Å². The van der Waals surface area contributed by atoms with Gasteiger partial charge in [0.25, 0.3) is 0 Å². The van der Waals surface area contributed by atoms with Crippen molar-refractivity contribution in [3.63, 3.8) is 0 Å². The Labute approximate surface area is 159 Å². The lowest BCUT2D eigenvalue weighted by molar-refractivity contribution is -0.170.